The number of fused-ring (bicyclic) bond motifs is 2. The number of nitrogens with zero attached hydrogens (tertiary/aromatic N) is 1. The molecule has 1 N–H and O–H groups in total. The van der Waals surface area contributed by atoms with Gasteiger partial charge in [0.2, 0.25) is 11.8 Å². The number of aromatic nitrogens is 1. The van der Waals surface area contributed by atoms with Crippen LogP contribution in [0.1, 0.15) is 21.9 Å². The molecule has 3 aromatic carbocycles. The normalized spacial score (nSPS) is 20.6. The van der Waals surface area contributed by atoms with E-state index in [-0.39, 0.29) is 16.7 Å². The lowest BCUT2D eigenvalue weighted by molar-refractivity contribution is -0.122. The molecule has 1 aromatic heterocycles. The molecule has 2 amide bonds. The van der Waals surface area contributed by atoms with Crippen LogP contribution in [0.15, 0.2) is 82.6 Å². The Morgan fingerprint density at radius 3 is 2.32 bits per heavy atom. The molecular weight excluding hydrogens is 535 g/mol. The van der Waals surface area contributed by atoms with Crippen molar-refractivity contribution in [2.24, 2.45) is 5.92 Å². The molecule has 186 valence electrons. The Morgan fingerprint density at radius 1 is 0.919 bits per heavy atom. The van der Waals surface area contributed by atoms with Crippen LogP contribution in [0.5, 0.6) is 5.75 Å². The number of thioether (sulfide) groups is 1. The Morgan fingerprint density at radius 2 is 1.62 bits per heavy atom. The quantitative estimate of drug-likeness (QED) is 0.326. The van der Waals surface area contributed by atoms with Crippen LogP contribution in [0.2, 0.25) is 5.02 Å². The van der Waals surface area contributed by atoms with Crippen molar-refractivity contribution in [1.82, 2.24) is 4.98 Å². The second-order valence-electron chi connectivity index (χ2n) is 8.72. The highest BCUT2D eigenvalue weighted by Gasteiger charge is 2.56. The molecule has 6 rings (SSSR count). The number of thiazole rings is 1. The Kier molecular flexibility index (Phi) is 6.14. The average molecular weight is 553 g/mol. The number of anilines is 1. The lowest BCUT2D eigenvalue weighted by Crippen LogP contribution is -2.32. The molecule has 0 bridgehead atoms. The third kappa shape index (κ3) is 4.37. The Labute approximate surface area is 224 Å². The summed E-state index contributed by atoms with van der Waals surface area (Å²) in [6, 6.07) is 20.0. The maximum atomic E-state index is 13.7. The van der Waals surface area contributed by atoms with Gasteiger partial charge in [0.05, 0.1) is 16.6 Å². The average Bonchev–Trinajstić information content (AvgIpc) is 3.39. The van der Waals surface area contributed by atoms with Crippen LogP contribution in [0.25, 0.3) is 0 Å². The molecule has 0 radical (unpaired) electrons. The smallest absolute Gasteiger partial charge is 0.305 e. The number of carbonyl (C=O) groups excluding carboxylic acids is 2. The second kappa shape index (κ2) is 9.48. The molecule has 4 aromatic rings. The number of nitrogens with one attached hydrogen (secondary N) is 1. The summed E-state index contributed by atoms with van der Waals surface area (Å²) in [4.78, 5) is 43.7. The minimum absolute atomic E-state index is 0.235. The van der Waals surface area contributed by atoms with E-state index in [4.69, 9.17) is 16.3 Å². The molecule has 0 aliphatic carbocycles. The topological polar surface area (TPSA) is 79.5 Å². The van der Waals surface area contributed by atoms with Gasteiger partial charge >= 0.3 is 4.87 Å². The number of H-pyrrole nitrogens is 1. The predicted octanol–water partition coefficient (Wildman–Crippen LogP) is 5.60. The maximum Gasteiger partial charge on any atom is 0.305 e. The van der Waals surface area contributed by atoms with Crippen molar-refractivity contribution in [3.63, 3.8) is 0 Å². The highest BCUT2D eigenvalue weighted by atomic mass is 35.5. The van der Waals surface area contributed by atoms with Crippen LogP contribution in [0, 0.1) is 11.7 Å². The van der Waals surface area contributed by atoms with Gasteiger partial charge in [0.1, 0.15) is 23.4 Å². The van der Waals surface area contributed by atoms with Crippen molar-refractivity contribution < 1.29 is 18.7 Å². The number of imide groups is 1. The van der Waals surface area contributed by atoms with E-state index in [9.17, 15) is 18.8 Å². The molecule has 3 heterocycles. The number of hydrogen-bond acceptors (Lipinski definition) is 6. The molecule has 0 saturated carbocycles. The van der Waals surface area contributed by atoms with E-state index < -0.39 is 22.9 Å². The summed E-state index contributed by atoms with van der Waals surface area (Å²) in [5.74, 6) is -1.75. The Bertz CT molecular complexity index is 1550. The first-order chi connectivity index (χ1) is 17.9. The lowest BCUT2D eigenvalue weighted by atomic mass is 9.83. The summed E-state index contributed by atoms with van der Waals surface area (Å²) in [6.07, 6.45) is 0. The number of rotatable bonds is 5. The number of amides is 2. The molecule has 2 aliphatic heterocycles. The molecule has 37 heavy (non-hydrogen) atoms. The summed E-state index contributed by atoms with van der Waals surface area (Å²) in [7, 11) is 0. The van der Waals surface area contributed by atoms with E-state index in [1.165, 1.54) is 36.0 Å². The number of ether oxygens (including phenoxy) is 1. The fourth-order valence-electron chi connectivity index (χ4n) is 4.74. The number of halogens is 2. The maximum absolute atomic E-state index is 13.7. The van der Waals surface area contributed by atoms with Crippen molar-refractivity contribution in [3.05, 3.63) is 109 Å². The number of hydrogen-bond donors (Lipinski definition) is 1. The summed E-state index contributed by atoms with van der Waals surface area (Å²) in [6.45, 7) is 0.366. The SMILES string of the molecule is O=C1C2Sc3[nH]c(=O)sc3[C@H](c3ccc(OCc4ccc(Cl)cc4)cc3)C2C(=O)N1c1ccc(F)cc1. The zero-order valence-electron chi connectivity index (χ0n) is 19.0. The van der Waals surface area contributed by atoms with Crippen molar-refractivity contribution in [2.75, 3.05) is 4.90 Å². The summed E-state index contributed by atoms with van der Waals surface area (Å²) < 4.78 is 19.4. The molecule has 6 nitrogen and oxygen atoms in total. The third-order valence-electron chi connectivity index (χ3n) is 6.47. The van der Waals surface area contributed by atoms with Crippen molar-refractivity contribution in [2.45, 2.75) is 22.8 Å². The molecular formula is C27H18ClFN2O4S2. The molecule has 1 saturated heterocycles. The standard InChI is InChI=1S/C27H18ClFN2O4S2/c28-16-5-1-14(2-6-16)13-35-19-11-3-15(4-12-19)20-21-23(36-24-22(20)37-27(34)30-24)26(33)31(25(21)32)18-9-7-17(29)8-10-18/h1-12,20-21,23H,13H2,(H,30,34)/t20-,21?,23?/m1/s1. The van der Waals surface area contributed by atoms with Gasteiger partial charge in [0, 0.05) is 15.8 Å². The van der Waals surface area contributed by atoms with E-state index in [0.717, 1.165) is 32.2 Å². The highest BCUT2D eigenvalue weighted by Crippen LogP contribution is 2.53. The van der Waals surface area contributed by atoms with Crippen LogP contribution in [0.3, 0.4) is 0 Å². The van der Waals surface area contributed by atoms with Crippen LogP contribution in [0.4, 0.5) is 10.1 Å². The van der Waals surface area contributed by atoms with Crippen molar-refractivity contribution in [1.29, 1.82) is 0 Å². The Hall–Kier alpha value is -3.40. The number of benzene rings is 3. The molecule has 3 atom stereocenters. The van der Waals surface area contributed by atoms with Gasteiger partial charge < -0.3 is 9.72 Å². The molecule has 2 aliphatic rings. The van der Waals surface area contributed by atoms with Crippen LogP contribution in [-0.2, 0) is 16.2 Å². The fraction of sp³-hybridized carbons (Fsp3) is 0.148. The fourth-order valence-corrected chi connectivity index (χ4v) is 7.38. The second-order valence-corrected chi connectivity index (χ2v) is 11.3. The molecule has 1 fully saturated rings. The summed E-state index contributed by atoms with van der Waals surface area (Å²) in [5, 5.41) is 0.550. The van der Waals surface area contributed by atoms with Crippen LogP contribution in [-0.4, -0.2) is 22.0 Å². The zero-order chi connectivity index (χ0) is 25.7. The van der Waals surface area contributed by atoms with Crippen molar-refractivity contribution >= 4 is 52.2 Å². The lowest BCUT2D eigenvalue weighted by Gasteiger charge is -2.29. The molecule has 10 heteroatoms. The van der Waals surface area contributed by atoms with Crippen LogP contribution < -0.4 is 14.5 Å². The van der Waals surface area contributed by atoms with E-state index in [0.29, 0.717) is 28.1 Å². The van der Waals surface area contributed by atoms with Crippen molar-refractivity contribution in [3.8, 4) is 5.75 Å². The van der Waals surface area contributed by atoms with E-state index >= 15 is 0 Å². The van der Waals surface area contributed by atoms with Gasteiger partial charge in [0.25, 0.3) is 0 Å². The largest absolute Gasteiger partial charge is 0.489 e. The van der Waals surface area contributed by atoms with Gasteiger partial charge in [-0.1, -0.05) is 59.0 Å². The van der Waals surface area contributed by atoms with Gasteiger partial charge in [-0.25, -0.2) is 9.29 Å². The van der Waals surface area contributed by atoms with Gasteiger partial charge in [-0.05, 0) is 59.7 Å². The van der Waals surface area contributed by atoms with Gasteiger partial charge in [0.15, 0.2) is 0 Å². The van der Waals surface area contributed by atoms with E-state index in [1.54, 1.807) is 12.1 Å². The summed E-state index contributed by atoms with van der Waals surface area (Å²) >= 11 is 8.20. The minimum atomic E-state index is -0.707. The summed E-state index contributed by atoms with van der Waals surface area (Å²) in [5.41, 5.74) is 2.10. The van der Waals surface area contributed by atoms with E-state index in [2.05, 4.69) is 4.98 Å². The number of carbonyl (C=O) groups is 2. The van der Waals surface area contributed by atoms with Crippen LogP contribution >= 0.6 is 34.7 Å². The Balaban J connectivity index is 1.32. The number of aromatic amines is 1. The van der Waals surface area contributed by atoms with Gasteiger partial charge in [-0.3, -0.25) is 14.4 Å². The van der Waals surface area contributed by atoms with Gasteiger partial charge in [-0.15, -0.1) is 0 Å². The van der Waals surface area contributed by atoms with E-state index in [1.807, 2.05) is 36.4 Å². The van der Waals surface area contributed by atoms with Gasteiger partial charge in [-0.2, -0.15) is 0 Å². The minimum Gasteiger partial charge on any atom is -0.489 e. The molecule has 0 spiro atoms. The first kappa shape index (κ1) is 24.0. The monoisotopic (exact) mass is 552 g/mol. The zero-order valence-corrected chi connectivity index (χ0v) is 21.4. The predicted molar refractivity (Wildman–Crippen MR) is 141 cm³/mol. The highest BCUT2D eigenvalue weighted by molar-refractivity contribution is 8.00. The first-order valence-corrected chi connectivity index (χ1v) is 13.5. The first-order valence-electron chi connectivity index (χ1n) is 11.4. The third-order valence-corrected chi connectivity index (χ3v) is 9.12. The molecule has 2 unspecified atom stereocenters.